The second kappa shape index (κ2) is 8.30. The van der Waals surface area contributed by atoms with Gasteiger partial charge in [-0.15, -0.1) is 0 Å². The molecule has 0 amide bonds. The lowest BCUT2D eigenvalue weighted by Gasteiger charge is -2.25. The molecule has 3 aromatic rings. The largest absolute Gasteiger partial charge is 0.468 e. The van der Waals surface area contributed by atoms with Crippen LogP contribution in [0.2, 0.25) is 0 Å². The number of aromatic nitrogens is 2. The van der Waals surface area contributed by atoms with Crippen molar-refractivity contribution >= 4 is 21.1 Å². The van der Waals surface area contributed by atoms with Crippen molar-refractivity contribution in [3.05, 3.63) is 48.2 Å². The number of rotatable bonds is 7. The highest BCUT2D eigenvalue weighted by Gasteiger charge is 2.26. The van der Waals surface area contributed by atoms with E-state index in [1.807, 2.05) is 25.2 Å². The maximum absolute atomic E-state index is 13.0. The van der Waals surface area contributed by atoms with Crippen LogP contribution in [0, 0.1) is 0 Å². The first-order valence-corrected chi connectivity index (χ1v) is 11.6. The van der Waals surface area contributed by atoms with E-state index >= 15 is 0 Å². The summed E-state index contributed by atoms with van der Waals surface area (Å²) in [6, 6.07) is 9.17. The van der Waals surface area contributed by atoms with Crippen LogP contribution < -0.4 is 0 Å². The van der Waals surface area contributed by atoms with E-state index in [-0.39, 0.29) is 0 Å². The van der Waals surface area contributed by atoms with Crippen LogP contribution in [0.4, 0.5) is 0 Å². The number of fused-ring (bicyclic) bond motifs is 1. The molecule has 1 aliphatic heterocycles. The summed E-state index contributed by atoms with van der Waals surface area (Å²) in [6.07, 6.45) is 4.63. The molecule has 156 valence electrons. The van der Waals surface area contributed by atoms with Gasteiger partial charge in [-0.2, -0.15) is 4.31 Å². The van der Waals surface area contributed by atoms with Gasteiger partial charge in [-0.05, 0) is 57.1 Å². The van der Waals surface area contributed by atoms with E-state index in [1.165, 1.54) is 0 Å². The molecule has 8 heteroatoms. The monoisotopic (exact) mass is 416 g/mol. The number of sulfonamides is 1. The highest BCUT2D eigenvalue weighted by molar-refractivity contribution is 7.89. The molecule has 0 unspecified atom stereocenters. The number of piperidine rings is 1. The molecule has 0 N–H and O–H groups in total. The molecule has 1 aromatic carbocycles. The van der Waals surface area contributed by atoms with Gasteiger partial charge in [0.15, 0.2) is 0 Å². The third kappa shape index (κ3) is 4.10. The van der Waals surface area contributed by atoms with Crippen molar-refractivity contribution in [2.45, 2.75) is 50.7 Å². The fraction of sp³-hybridized carbons (Fsp3) is 0.476. The minimum Gasteiger partial charge on any atom is -0.468 e. The van der Waals surface area contributed by atoms with Gasteiger partial charge in [0.05, 0.1) is 35.3 Å². The molecule has 1 saturated heterocycles. The van der Waals surface area contributed by atoms with Crippen molar-refractivity contribution in [1.29, 1.82) is 0 Å². The van der Waals surface area contributed by atoms with Gasteiger partial charge in [0, 0.05) is 19.6 Å². The summed E-state index contributed by atoms with van der Waals surface area (Å²) >= 11 is 0. The van der Waals surface area contributed by atoms with Gasteiger partial charge in [-0.3, -0.25) is 4.90 Å². The van der Waals surface area contributed by atoms with Crippen molar-refractivity contribution in [3.8, 4) is 0 Å². The Morgan fingerprint density at radius 3 is 2.62 bits per heavy atom. The van der Waals surface area contributed by atoms with E-state index in [1.54, 1.807) is 22.7 Å². The molecule has 1 aliphatic rings. The summed E-state index contributed by atoms with van der Waals surface area (Å²) in [7, 11) is -1.44. The average Bonchev–Trinajstić information content (AvgIpc) is 3.34. The summed E-state index contributed by atoms with van der Waals surface area (Å²) in [5.74, 6) is 1.82. The standard InChI is InChI=1S/C21H28N4O3S/c1-3-25-20-10-9-18(29(26,27)24-11-5-4-6-12-24)14-19(20)22-21(25)16-23(2)15-17-8-7-13-28-17/h7-10,13-14H,3-6,11-12,15-16H2,1-2H3. The SMILES string of the molecule is CCn1c(CN(C)Cc2ccco2)nc2cc(S(=O)(=O)N3CCCCC3)ccc21. The third-order valence-corrected chi connectivity index (χ3v) is 7.38. The van der Waals surface area contributed by atoms with Crippen LogP contribution in [-0.2, 0) is 29.7 Å². The van der Waals surface area contributed by atoms with Crippen molar-refractivity contribution in [2.24, 2.45) is 0 Å². The minimum atomic E-state index is -3.46. The highest BCUT2D eigenvalue weighted by atomic mass is 32.2. The quantitative estimate of drug-likeness (QED) is 0.590. The van der Waals surface area contributed by atoms with Gasteiger partial charge in [0.1, 0.15) is 11.6 Å². The Labute approximate surface area is 172 Å². The predicted molar refractivity (Wildman–Crippen MR) is 112 cm³/mol. The second-order valence-electron chi connectivity index (χ2n) is 7.64. The maximum atomic E-state index is 13.0. The third-order valence-electron chi connectivity index (χ3n) is 5.48. The Balaban J connectivity index is 1.62. The van der Waals surface area contributed by atoms with E-state index in [2.05, 4.69) is 16.4 Å². The maximum Gasteiger partial charge on any atom is 0.243 e. The lowest BCUT2D eigenvalue weighted by atomic mass is 10.2. The van der Waals surface area contributed by atoms with Crippen molar-refractivity contribution in [3.63, 3.8) is 0 Å². The van der Waals surface area contributed by atoms with Gasteiger partial charge >= 0.3 is 0 Å². The number of hydrogen-bond donors (Lipinski definition) is 0. The second-order valence-corrected chi connectivity index (χ2v) is 9.58. The fourth-order valence-corrected chi connectivity index (χ4v) is 5.55. The minimum absolute atomic E-state index is 0.336. The predicted octanol–water partition coefficient (Wildman–Crippen LogP) is 3.46. The average molecular weight is 417 g/mol. The molecular formula is C21H28N4O3S. The van der Waals surface area contributed by atoms with Crippen molar-refractivity contribution in [2.75, 3.05) is 20.1 Å². The fourth-order valence-electron chi connectivity index (χ4n) is 4.01. The molecule has 29 heavy (non-hydrogen) atoms. The summed E-state index contributed by atoms with van der Waals surface area (Å²) in [6.45, 7) is 5.40. The first kappa shape index (κ1) is 20.1. The smallest absolute Gasteiger partial charge is 0.243 e. The number of hydrogen-bond acceptors (Lipinski definition) is 5. The summed E-state index contributed by atoms with van der Waals surface area (Å²) in [5.41, 5.74) is 1.69. The van der Waals surface area contributed by atoms with E-state index in [0.29, 0.717) is 31.1 Å². The van der Waals surface area contributed by atoms with Gasteiger partial charge in [0.2, 0.25) is 10.0 Å². The molecule has 7 nitrogen and oxygen atoms in total. The number of furan rings is 1. The first-order chi connectivity index (χ1) is 14.0. The molecule has 0 radical (unpaired) electrons. The Morgan fingerprint density at radius 2 is 1.93 bits per heavy atom. The van der Waals surface area contributed by atoms with E-state index in [9.17, 15) is 8.42 Å². The molecule has 0 spiro atoms. The van der Waals surface area contributed by atoms with Crippen LogP contribution in [0.3, 0.4) is 0 Å². The van der Waals surface area contributed by atoms with E-state index < -0.39 is 10.0 Å². The summed E-state index contributed by atoms with van der Waals surface area (Å²) in [5, 5.41) is 0. The molecule has 1 fully saturated rings. The van der Waals surface area contributed by atoms with Crippen molar-refractivity contribution in [1.82, 2.24) is 18.8 Å². The van der Waals surface area contributed by atoms with Crippen molar-refractivity contribution < 1.29 is 12.8 Å². The molecular weight excluding hydrogens is 388 g/mol. The molecule has 0 saturated carbocycles. The van der Waals surface area contributed by atoms with Gasteiger partial charge in [0.25, 0.3) is 0 Å². The normalized spacial score (nSPS) is 16.1. The van der Waals surface area contributed by atoms with Crippen LogP contribution in [0.25, 0.3) is 11.0 Å². The van der Waals surface area contributed by atoms with E-state index in [4.69, 9.17) is 9.40 Å². The highest BCUT2D eigenvalue weighted by Crippen LogP contribution is 2.25. The molecule has 0 atom stereocenters. The zero-order valence-corrected chi connectivity index (χ0v) is 17.9. The first-order valence-electron chi connectivity index (χ1n) is 10.2. The van der Waals surface area contributed by atoms with Crippen LogP contribution in [0.1, 0.15) is 37.8 Å². The number of nitrogens with zero attached hydrogens (tertiary/aromatic N) is 4. The molecule has 0 bridgehead atoms. The lowest BCUT2D eigenvalue weighted by molar-refractivity contribution is 0.278. The Hall–Kier alpha value is -2.16. The molecule has 2 aromatic heterocycles. The van der Waals surface area contributed by atoms with Crippen LogP contribution in [-0.4, -0.2) is 47.3 Å². The van der Waals surface area contributed by atoms with E-state index in [0.717, 1.165) is 48.4 Å². The van der Waals surface area contributed by atoms with Gasteiger partial charge in [-0.1, -0.05) is 6.42 Å². The topological polar surface area (TPSA) is 71.6 Å². The summed E-state index contributed by atoms with van der Waals surface area (Å²) < 4.78 is 35.2. The number of imidazole rings is 1. The Kier molecular flexibility index (Phi) is 5.76. The Morgan fingerprint density at radius 1 is 1.14 bits per heavy atom. The van der Waals surface area contributed by atoms with Gasteiger partial charge in [-0.25, -0.2) is 13.4 Å². The lowest BCUT2D eigenvalue weighted by Crippen LogP contribution is -2.35. The van der Waals surface area contributed by atoms with Crippen LogP contribution in [0.15, 0.2) is 45.9 Å². The molecule has 0 aliphatic carbocycles. The van der Waals surface area contributed by atoms with Crippen LogP contribution >= 0.6 is 0 Å². The zero-order valence-electron chi connectivity index (χ0n) is 17.0. The van der Waals surface area contributed by atoms with Gasteiger partial charge < -0.3 is 8.98 Å². The number of benzene rings is 1. The number of aryl methyl sites for hydroxylation is 1. The molecule has 3 heterocycles. The summed E-state index contributed by atoms with van der Waals surface area (Å²) in [4.78, 5) is 7.25. The Bertz CT molecular complexity index is 1070. The molecule has 4 rings (SSSR count). The zero-order chi connectivity index (χ0) is 20.4. The van der Waals surface area contributed by atoms with Crippen LogP contribution in [0.5, 0.6) is 0 Å².